The van der Waals surface area contributed by atoms with Gasteiger partial charge in [0.15, 0.2) is 0 Å². The first-order chi connectivity index (χ1) is 14.3. The summed E-state index contributed by atoms with van der Waals surface area (Å²) >= 11 is 0. The highest BCUT2D eigenvalue weighted by Crippen LogP contribution is 2.36. The van der Waals surface area contributed by atoms with Crippen molar-refractivity contribution in [3.05, 3.63) is 53.6 Å². The molecular weight excluding hydrogens is 384 g/mol. The Kier molecular flexibility index (Phi) is 4.99. The van der Waals surface area contributed by atoms with Gasteiger partial charge in [0.1, 0.15) is 6.04 Å². The number of fused-ring (bicyclic) bond motifs is 1. The molecular formula is C22H22N4O4. The first kappa shape index (κ1) is 19.6. The number of imide groups is 1. The molecule has 1 heterocycles. The Morgan fingerprint density at radius 3 is 2.47 bits per heavy atom. The van der Waals surface area contributed by atoms with Gasteiger partial charge in [0.05, 0.1) is 5.92 Å². The lowest BCUT2D eigenvalue weighted by molar-refractivity contribution is -0.130. The molecule has 0 radical (unpaired) electrons. The topological polar surface area (TPSA) is 130 Å². The number of amides is 5. The molecule has 1 aliphatic carbocycles. The third-order valence-corrected chi connectivity index (χ3v) is 5.69. The van der Waals surface area contributed by atoms with Crippen molar-refractivity contribution in [1.82, 2.24) is 10.6 Å². The molecule has 154 valence electrons. The number of anilines is 1. The predicted molar refractivity (Wildman–Crippen MR) is 110 cm³/mol. The molecule has 0 saturated carbocycles. The maximum Gasteiger partial charge on any atom is 0.322 e. The Labute approximate surface area is 173 Å². The number of carbonyl (C=O) groups excluding carboxylic acids is 4. The standard InChI is InChI=1S/C22H22N4O4/c1-11(27)24-17-4-2-3-12(10-17)13-5-6-14-8-16(9-15(14)7-13)18(20(23)28)19-21(29)26-22(30)25-19/h2-7,10,16,18-19H,8-9H2,1H3,(H2,23,28)(H,24,27)(H2,25,26,29,30). The highest BCUT2D eigenvalue weighted by Gasteiger charge is 2.44. The minimum Gasteiger partial charge on any atom is -0.369 e. The molecule has 0 aromatic heterocycles. The van der Waals surface area contributed by atoms with E-state index in [1.165, 1.54) is 6.92 Å². The van der Waals surface area contributed by atoms with Gasteiger partial charge in [0.25, 0.3) is 5.91 Å². The van der Waals surface area contributed by atoms with Crippen LogP contribution in [0, 0.1) is 11.8 Å². The second-order valence-electron chi connectivity index (χ2n) is 7.78. The summed E-state index contributed by atoms with van der Waals surface area (Å²) in [6.45, 7) is 1.46. The lowest BCUT2D eigenvalue weighted by Crippen LogP contribution is -2.47. The fraction of sp³-hybridized carbons (Fsp3) is 0.273. The Morgan fingerprint density at radius 1 is 1.07 bits per heavy atom. The lowest BCUT2D eigenvalue weighted by Gasteiger charge is -2.24. The fourth-order valence-corrected chi connectivity index (χ4v) is 4.42. The smallest absolute Gasteiger partial charge is 0.322 e. The monoisotopic (exact) mass is 406 g/mol. The van der Waals surface area contributed by atoms with Crippen LogP contribution in [0.15, 0.2) is 42.5 Å². The SMILES string of the molecule is CC(=O)Nc1cccc(-c2ccc3c(c2)CC(C(C(N)=O)C2NC(=O)NC2=O)C3)c1. The number of hydrogen-bond donors (Lipinski definition) is 4. The summed E-state index contributed by atoms with van der Waals surface area (Å²) in [6.07, 6.45) is 1.19. The Morgan fingerprint density at radius 2 is 1.80 bits per heavy atom. The minimum atomic E-state index is -0.942. The van der Waals surface area contributed by atoms with Crippen molar-refractivity contribution >= 4 is 29.4 Å². The van der Waals surface area contributed by atoms with Crippen molar-refractivity contribution in [1.29, 1.82) is 0 Å². The number of nitrogens with one attached hydrogen (secondary N) is 3. The number of carbonyl (C=O) groups is 4. The molecule has 2 aromatic carbocycles. The predicted octanol–water partition coefficient (Wildman–Crippen LogP) is 1.34. The van der Waals surface area contributed by atoms with Crippen LogP contribution in [0.4, 0.5) is 10.5 Å². The van der Waals surface area contributed by atoms with Crippen molar-refractivity contribution in [2.45, 2.75) is 25.8 Å². The van der Waals surface area contributed by atoms with Gasteiger partial charge in [-0.05, 0) is 53.1 Å². The number of urea groups is 1. The van der Waals surface area contributed by atoms with Crippen molar-refractivity contribution in [2.75, 3.05) is 5.32 Å². The van der Waals surface area contributed by atoms with E-state index in [0.29, 0.717) is 12.8 Å². The van der Waals surface area contributed by atoms with Crippen molar-refractivity contribution < 1.29 is 19.2 Å². The van der Waals surface area contributed by atoms with E-state index >= 15 is 0 Å². The Bertz CT molecular complexity index is 1060. The summed E-state index contributed by atoms with van der Waals surface area (Å²) in [5.41, 5.74) is 10.5. The third-order valence-electron chi connectivity index (χ3n) is 5.69. The molecule has 8 nitrogen and oxygen atoms in total. The largest absolute Gasteiger partial charge is 0.369 e. The molecule has 1 saturated heterocycles. The molecule has 0 bridgehead atoms. The van der Waals surface area contributed by atoms with E-state index in [-0.39, 0.29) is 11.8 Å². The Balaban J connectivity index is 1.58. The van der Waals surface area contributed by atoms with Crippen LogP contribution in [-0.2, 0) is 27.2 Å². The summed E-state index contributed by atoms with van der Waals surface area (Å²) in [7, 11) is 0. The summed E-state index contributed by atoms with van der Waals surface area (Å²) < 4.78 is 0. The average Bonchev–Trinajstić information content (AvgIpc) is 3.23. The number of rotatable bonds is 5. The first-order valence-electron chi connectivity index (χ1n) is 9.72. The fourth-order valence-electron chi connectivity index (χ4n) is 4.42. The molecule has 3 unspecified atom stereocenters. The second kappa shape index (κ2) is 7.62. The Hall–Kier alpha value is -3.68. The minimum absolute atomic E-state index is 0.135. The van der Waals surface area contributed by atoms with Gasteiger partial charge in [-0.15, -0.1) is 0 Å². The van der Waals surface area contributed by atoms with E-state index in [1.54, 1.807) is 0 Å². The van der Waals surface area contributed by atoms with Gasteiger partial charge in [0, 0.05) is 12.6 Å². The molecule has 3 atom stereocenters. The van der Waals surface area contributed by atoms with Gasteiger partial charge in [-0.25, -0.2) is 4.79 Å². The van der Waals surface area contributed by atoms with Crippen LogP contribution in [0.2, 0.25) is 0 Å². The van der Waals surface area contributed by atoms with Crippen LogP contribution in [0.3, 0.4) is 0 Å². The van der Waals surface area contributed by atoms with Crippen LogP contribution in [-0.4, -0.2) is 29.8 Å². The number of benzene rings is 2. The van der Waals surface area contributed by atoms with Crippen LogP contribution in [0.1, 0.15) is 18.1 Å². The van der Waals surface area contributed by atoms with Crippen LogP contribution in [0.25, 0.3) is 11.1 Å². The lowest BCUT2D eigenvalue weighted by atomic mass is 9.83. The number of nitrogens with two attached hydrogens (primary N) is 1. The molecule has 5 N–H and O–H groups in total. The van der Waals surface area contributed by atoms with Gasteiger partial charge < -0.3 is 16.4 Å². The van der Waals surface area contributed by atoms with E-state index in [2.05, 4.69) is 22.0 Å². The molecule has 2 aliphatic rings. The maximum absolute atomic E-state index is 12.1. The van der Waals surface area contributed by atoms with E-state index < -0.39 is 29.8 Å². The molecule has 1 aliphatic heterocycles. The maximum atomic E-state index is 12.1. The highest BCUT2D eigenvalue weighted by atomic mass is 16.2. The van der Waals surface area contributed by atoms with Crippen LogP contribution >= 0.6 is 0 Å². The molecule has 8 heteroatoms. The molecule has 5 amide bonds. The van der Waals surface area contributed by atoms with E-state index in [4.69, 9.17) is 5.73 Å². The summed E-state index contributed by atoms with van der Waals surface area (Å²) in [6, 6.07) is 12.1. The van der Waals surface area contributed by atoms with Crippen molar-refractivity contribution in [2.24, 2.45) is 17.6 Å². The zero-order valence-electron chi connectivity index (χ0n) is 16.4. The number of primary amides is 1. The molecule has 2 aromatic rings. The van der Waals surface area contributed by atoms with Gasteiger partial charge in [-0.3, -0.25) is 19.7 Å². The summed E-state index contributed by atoms with van der Waals surface area (Å²) in [5, 5.41) is 7.46. The number of hydrogen-bond acceptors (Lipinski definition) is 4. The van der Waals surface area contributed by atoms with Gasteiger partial charge in [-0.1, -0.05) is 30.3 Å². The highest BCUT2D eigenvalue weighted by molar-refractivity contribution is 6.06. The molecule has 1 fully saturated rings. The van der Waals surface area contributed by atoms with E-state index in [1.807, 2.05) is 36.4 Å². The second-order valence-corrected chi connectivity index (χ2v) is 7.78. The zero-order chi connectivity index (χ0) is 21.4. The van der Waals surface area contributed by atoms with E-state index in [9.17, 15) is 19.2 Å². The van der Waals surface area contributed by atoms with E-state index in [0.717, 1.165) is 27.9 Å². The van der Waals surface area contributed by atoms with Gasteiger partial charge >= 0.3 is 6.03 Å². The first-order valence-corrected chi connectivity index (χ1v) is 9.72. The normalized spacial score (nSPS) is 20.8. The molecule has 0 spiro atoms. The summed E-state index contributed by atoms with van der Waals surface area (Å²) in [5.74, 6) is -2.21. The molecule has 4 rings (SSSR count). The third kappa shape index (κ3) is 3.76. The van der Waals surface area contributed by atoms with Gasteiger partial charge in [0.2, 0.25) is 11.8 Å². The van der Waals surface area contributed by atoms with Crippen LogP contribution < -0.4 is 21.7 Å². The average molecular weight is 406 g/mol. The van der Waals surface area contributed by atoms with Gasteiger partial charge in [-0.2, -0.15) is 0 Å². The van der Waals surface area contributed by atoms with Crippen molar-refractivity contribution in [3.63, 3.8) is 0 Å². The van der Waals surface area contributed by atoms with Crippen molar-refractivity contribution in [3.8, 4) is 11.1 Å². The van der Waals surface area contributed by atoms with Crippen LogP contribution in [0.5, 0.6) is 0 Å². The quantitative estimate of drug-likeness (QED) is 0.558. The summed E-state index contributed by atoms with van der Waals surface area (Å²) in [4.78, 5) is 47.0. The molecule has 30 heavy (non-hydrogen) atoms. The zero-order valence-corrected chi connectivity index (χ0v) is 16.4.